The summed E-state index contributed by atoms with van der Waals surface area (Å²) >= 11 is 1.44. The third-order valence-corrected chi connectivity index (χ3v) is 4.43. The molecule has 5 nitrogen and oxygen atoms in total. The maximum absolute atomic E-state index is 11.7. The van der Waals surface area contributed by atoms with Gasteiger partial charge in [-0.25, -0.2) is 0 Å². The predicted octanol–water partition coefficient (Wildman–Crippen LogP) is -1.23. The molecule has 1 aliphatic rings. The van der Waals surface area contributed by atoms with Gasteiger partial charge in [0, 0.05) is 22.7 Å². The Morgan fingerprint density at radius 3 is 2.68 bits per heavy atom. The number of fused-ring (bicyclic) bond motifs is 1. The predicted molar refractivity (Wildman–Crippen MR) is 77.1 cm³/mol. The first kappa shape index (κ1) is 19.1. The van der Waals surface area contributed by atoms with E-state index in [0.717, 1.165) is 48.3 Å². The molecule has 0 radical (unpaired) electrons. The van der Waals surface area contributed by atoms with Crippen LogP contribution in [-0.4, -0.2) is 6.29 Å². The Morgan fingerprint density at radius 2 is 2.05 bits per heavy atom. The summed E-state index contributed by atoms with van der Waals surface area (Å²) in [5.41, 5.74) is 1.58. The van der Waals surface area contributed by atoms with Gasteiger partial charge in [-0.3, -0.25) is 4.79 Å². The first-order chi connectivity index (χ1) is 10.2. The van der Waals surface area contributed by atoms with E-state index in [9.17, 15) is 15.2 Å². The Kier molecular flexibility index (Phi) is 8.05. The molecule has 0 fully saturated rings. The fourth-order valence-electron chi connectivity index (χ4n) is 2.28. The average molecular weight is 337 g/mol. The number of nitrogens with one attached hydrogen (secondary N) is 1. The van der Waals surface area contributed by atoms with Crippen LogP contribution in [-0.2, 0) is 17.6 Å². The third-order valence-electron chi connectivity index (χ3n) is 3.23. The second-order valence-electron chi connectivity index (χ2n) is 4.51. The van der Waals surface area contributed by atoms with Crippen molar-refractivity contribution in [2.45, 2.75) is 25.7 Å². The van der Waals surface area contributed by atoms with E-state index < -0.39 is 5.76 Å². The van der Waals surface area contributed by atoms with Crippen molar-refractivity contribution in [3.8, 4) is 12.1 Å². The molecular weight excluding hydrogens is 325 g/mol. The van der Waals surface area contributed by atoms with Crippen LogP contribution < -0.4 is 61.8 Å². The SMILES string of the molecule is N#CC=C([O-])C(=CC=O)Nc1sc2c(c1C#N)CCCC2.[K+]. The van der Waals surface area contributed by atoms with Crippen LogP contribution in [0.1, 0.15) is 28.8 Å². The molecular formula is C15H12KN3O2S. The summed E-state index contributed by atoms with van der Waals surface area (Å²) in [6, 6.07) is 3.80. The topological polar surface area (TPSA) is 99.7 Å². The van der Waals surface area contributed by atoms with Crippen molar-refractivity contribution in [1.29, 1.82) is 10.5 Å². The van der Waals surface area contributed by atoms with Gasteiger partial charge in [-0.05, 0) is 31.2 Å². The fourth-order valence-corrected chi connectivity index (χ4v) is 3.54. The van der Waals surface area contributed by atoms with Crippen LogP contribution in [0.25, 0.3) is 0 Å². The summed E-state index contributed by atoms with van der Waals surface area (Å²) < 4.78 is 0. The van der Waals surface area contributed by atoms with E-state index in [-0.39, 0.29) is 57.1 Å². The zero-order chi connectivity index (χ0) is 15.2. The van der Waals surface area contributed by atoms with Gasteiger partial charge in [0.25, 0.3) is 0 Å². The van der Waals surface area contributed by atoms with Gasteiger partial charge < -0.3 is 10.4 Å². The molecule has 0 saturated carbocycles. The average Bonchev–Trinajstić information content (AvgIpc) is 2.84. The van der Waals surface area contributed by atoms with Crippen molar-refractivity contribution in [3.05, 3.63) is 39.6 Å². The maximum Gasteiger partial charge on any atom is 1.00 e. The summed E-state index contributed by atoms with van der Waals surface area (Å²) in [7, 11) is 0. The van der Waals surface area contributed by atoms with Gasteiger partial charge in [-0.15, -0.1) is 11.3 Å². The normalized spacial score (nSPS) is 14.1. The number of allylic oxidation sites excluding steroid dienone is 2. The Bertz CT molecular complexity index is 708. The zero-order valence-corrected chi connectivity index (χ0v) is 16.1. The standard InChI is InChI=1S/C15H13N3O2S.K/c16-7-5-13(20)12(6-8-19)18-15-11(9-17)10-3-1-2-4-14(10)21-15;/h5-6,8,18,20H,1-4H2;/q;+1/p-1. The molecule has 22 heavy (non-hydrogen) atoms. The number of aryl methyl sites for hydroxylation is 1. The minimum atomic E-state index is -0.583. The number of carbonyl (C=O) groups is 1. The molecule has 106 valence electrons. The number of anilines is 1. The zero-order valence-electron chi connectivity index (χ0n) is 12.2. The molecule has 0 aromatic carbocycles. The second kappa shape index (κ2) is 9.26. The van der Waals surface area contributed by atoms with Crippen molar-refractivity contribution in [1.82, 2.24) is 0 Å². The molecule has 7 heteroatoms. The van der Waals surface area contributed by atoms with Crippen LogP contribution in [0.15, 0.2) is 23.6 Å². The van der Waals surface area contributed by atoms with Crippen molar-refractivity contribution in [2.24, 2.45) is 0 Å². The summed E-state index contributed by atoms with van der Waals surface area (Å²) in [5.74, 6) is -0.583. The minimum absolute atomic E-state index is 0. The molecule has 0 saturated heterocycles. The van der Waals surface area contributed by atoms with Gasteiger partial charge in [0.15, 0.2) is 0 Å². The quantitative estimate of drug-likeness (QED) is 0.185. The molecule has 1 aromatic rings. The van der Waals surface area contributed by atoms with E-state index in [2.05, 4.69) is 11.4 Å². The van der Waals surface area contributed by atoms with Crippen LogP contribution in [0.5, 0.6) is 0 Å². The number of aldehydes is 1. The summed E-state index contributed by atoms with van der Waals surface area (Å²) in [4.78, 5) is 11.8. The number of thiophene rings is 1. The molecule has 0 aliphatic heterocycles. The van der Waals surface area contributed by atoms with Crippen molar-refractivity contribution < 1.29 is 61.3 Å². The Hall–Kier alpha value is -0.934. The Labute approximate surface area is 175 Å². The Morgan fingerprint density at radius 1 is 1.32 bits per heavy atom. The van der Waals surface area contributed by atoms with E-state index in [1.807, 2.05) is 0 Å². The smallest absolute Gasteiger partial charge is 0.871 e. The van der Waals surface area contributed by atoms with E-state index in [1.165, 1.54) is 11.3 Å². The van der Waals surface area contributed by atoms with Crippen molar-refractivity contribution in [2.75, 3.05) is 5.32 Å². The third kappa shape index (κ3) is 4.29. The first-order valence-electron chi connectivity index (χ1n) is 6.45. The summed E-state index contributed by atoms with van der Waals surface area (Å²) in [6.07, 6.45) is 6.30. The van der Waals surface area contributed by atoms with Gasteiger partial charge in [0.2, 0.25) is 0 Å². The Balaban J connectivity index is 0.00000242. The van der Waals surface area contributed by atoms with Gasteiger partial charge in [-0.2, -0.15) is 10.5 Å². The van der Waals surface area contributed by atoms with Gasteiger partial charge in [0.1, 0.15) is 17.4 Å². The van der Waals surface area contributed by atoms with E-state index in [1.54, 1.807) is 6.07 Å². The van der Waals surface area contributed by atoms with E-state index in [4.69, 9.17) is 5.26 Å². The summed E-state index contributed by atoms with van der Waals surface area (Å²) in [6.45, 7) is 0. The van der Waals surface area contributed by atoms with Crippen LogP contribution in [0.2, 0.25) is 0 Å². The molecule has 0 spiro atoms. The van der Waals surface area contributed by atoms with Crippen molar-refractivity contribution >= 4 is 22.6 Å². The molecule has 1 aliphatic carbocycles. The van der Waals surface area contributed by atoms with Crippen molar-refractivity contribution in [3.63, 3.8) is 0 Å². The number of rotatable bonds is 4. The molecule has 0 atom stereocenters. The molecule has 0 amide bonds. The number of nitrogens with zero attached hydrogens (tertiary/aromatic N) is 2. The van der Waals surface area contributed by atoms with Crippen LogP contribution in [0.3, 0.4) is 0 Å². The summed E-state index contributed by atoms with van der Waals surface area (Å²) in [5, 5.41) is 33.0. The fraction of sp³-hybridized carbons (Fsp3) is 0.267. The minimum Gasteiger partial charge on any atom is -0.871 e. The molecule has 1 aromatic heterocycles. The molecule has 2 rings (SSSR count). The van der Waals surface area contributed by atoms with Gasteiger partial charge in [-0.1, -0.05) is 5.76 Å². The number of hydrogen-bond donors (Lipinski definition) is 1. The first-order valence-corrected chi connectivity index (χ1v) is 7.27. The van der Waals surface area contributed by atoms with E-state index >= 15 is 0 Å². The molecule has 0 unspecified atom stereocenters. The molecule has 0 bridgehead atoms. The maximum atomic E-state index is 11.7. The van der Waals surface area contributed by atoms with E-state index in [0.29, 0.717) is 16.9 Å². The van der Waals surface area contributed by atoms with Gasteiger partial charge >= 0.3 is 51.4 Å². The molecule has 1 N–H and O–H groups in total. The monoisotopic (exact) mass is 337 g/mol. The van der Waals surface area contributed by atoms with Crippen LogP contribution >= 0.6 is 11.3 Å². The van der Waals surface area contributed by atoms with Crippen LogP contribution in [0.4, 0.5) is 5.00 Å². The number of carbonyl (C=O) groups excluding carboxylic acids is 1. The van der Waals surface area contributed by atoms with Crippen LogP contribution in [0, 0.1) is 22.7 Å². The molecule has 1 heterocycles. The number of nitriles is 2. The number of hydrogen-bond acceptors (Lipinski definition) is 6. The largest absolute Gasteiger partial charge is 1.00 e. The van der Waals surface area contributed by atoms with Gasteiger partial charge in [0.05, 0.1) is 11.6 Å². The second-order valence-corrected chi connectivity index (χ2v) is 5.61.